The van der Waals surface area contributed by atoms with Gasteiger partial charge in [-0.15, -0.1) is 24.0 Å². The van der Waals surface area contributed by atoms with E-state index in [2.05, 4.69) is 51.9 Å². The number of rotatable bonds is 5. The fraction of sp³-hybridized carbons (Fsp3) is 0.500. The Hall–Kier alpha value is -1.28. The first-order valence-electron chi connectivity index (χ1n) is 9.42. The van der Waals surface area contributed by atoms with Crippen LogP contribution in [-0.4, -0.2) is 46.6 Å². The molecule has 0 saturated carbocycles. The first kappa shape index (κ1) is 22.0. The molecule has 2 aromatic rings. The van der Waals surface area contributed by atoms with Crippen LogP contribution in [0.2, 0.25) is 5.02 Å². The van der Waals surface area contributed by atoms with Crippen LogP contribution in [0.3, 0.4) is 0 Å². The summed E-state index contributed by atoms with van der Waals surface area (Å²) in [5.41, 5.74) is 1.26. The molecule has 0 bridgehead atoms. The summed E-state index contributed by atoms with van der Waals surface area (Å²) in [6.07, 6.45) is 7.92. The van der Waals surface area contributed by atoms with E-state index < -0.39 is 0 Å². The summed E-state index contributed by atoms with van der Waals surface area (Å²) in [6.45, 7) is 8.10. The van der Waals surface area contributed by atoms with E-state index in [1.807, 2.05) is 24.7 Å². The van der Waals surface area contributed by atoms with Crippen molar-refractivity contribution < 1.29 is 0 Å². The van der Waals surface area contributed by atoms with Crippen LogP contribution >= 0.6 is 35.6 Å². The Morgan fingerprint density at radius 3 is 2.78 bits per heavy atom. The van der Waals surface area contributed by atoms with Crippen LogP contribution in [0.1, 0.15) is 31.9 Å². The van der Waals surface area contributed by atoms with Crippen molar-refractivity contribution in [2.75, 3.05) is 26.2 Å². The molecule has 5 nitrogen and oxygen atoms in total. The van der Waals surface area contributed by atoms with Gasteiger partial charge in [0.15, 0.2) is 5.96 Å². The Kier molecular flexibility index (Phi) is 8.89. The Labute approximate surface area is 184 Å². The largest absolute Gasteiger partial charge is 0.357 e. The first-order chi connectivity index (χ1) is 12.7. The number of guanidine groups is 1. The highest BCUT2D eigenvalue weighted by atomic mass is 127. The number of halogens is 2. The van der Waals surface area contributed by atoms with Gasteiger partial charge in [-0.25, -0.2) is 4.98 Å². The van der Waals surface area contributed by atoms with E-state index in [1.54, 1.807) is 0 Å². The summed E-state index contributed by atoms with van der Waals surface area (Å²) in [6, 6.07) is 8.46. The van der Waals surface area contributed by atoms with Gasteiger partial charge < -0.3 is 14.8 Å². The molecule has 7 heteroatoms. The van der Waals surface area contributed by atoms with Gasteiger partial charge in [0.25, 0.3) is 0 Å². The van der Waals surface area contributed by atoms with Crippen LogP contribution in [0.5, 0.6) is 0 Å². The van der Waals surface area contributed by atoms with Crippen molar-refractivity contribution in [2.24, 2.45) is 10.9 Å². The van der Waals surface area contributed by atoms with E-state index in [9.17, 15) is 0 Å². The minimum absolute atomic E-state index is 0. The fourth-order valence-corrected chi connectivity index (χ4v) is 3.59. The first-order valence-corrected chi connectivity index (χ1v) is 9.80. The van der Waals surface area contributed by atoms with E-state index >= 15 is 0 Å². The minimum Gasteiger partial charge on any atom is -0.357 e. The predicted molar refractivity (Wildman–Crippen MR) is 123 cm³/mol. The number of hydrogen-bond donors (Lipinski definition) is 1. The zero-order chi connectivity index (χ0) is 18.4. The van der Waals surface area contributed by atoms with Gasteiger partial charge in [-0.05, 0) is 43.4 Å². The number of benzene rings is 1. The lowest BCUT2D eigenvalue weighted by atomic mass is 9.93. The molecule has 1 aliphatic rings. The molecule has 1 N–H and O–H groups in total. The third-order valence-corrected chi connectivity index (χ3v) is 5.29. The maximum Gasteiger partial charge on any atom is 0.193 e. The van der Waals surface area contributed by atoms with E-state index in [0.717, 1.165) is 50.0 Å². The van der Waals surface area contributed by atoms with Crippen molar-refractivity contribution in [1.82, 2.24) is 19.8 Å². The Morgan fingerprint density at radius 1 is 1.33 bits per heavy atom. The second-order valence-corrected chi connectivity index (χ2v) is 7.34. The molecular weight excluding hydrogens is 473 g/mol. The maximum atomic E-state index is 5.96. The molecule has 3 rings (SSSR count). The molecule has 2 atom stereocenters. The van der Waals surface area contributed by atoms with E-state index in [0.29, 0.717) is 12.0 Å². The molecule has 27 heavy (non-hydrogen) atoms. The smallest absolute Gasteiger partial charge is 0.193 e. The van der Waals surface area contributed by atoms with Crippen LogP contribution in [-0.2, 0) is 6.42 Å². The zero-order valence-electron chi connectivity index (χ0n) is 16.0. The van der Waals surface area contributed by atoms with Gasteiger partial charge in [0.05, 0.1) is 12.4 Å². The lowest BCUT2D eigenvalue weighted by Crippen LogP contribution is -2.49. The maximum absolute atomic E-state index is 5.96. The Bertz CT molecular complexity index is 702. The van der Waals surface area contributed by atoms with Gasteiger partial charge in [0.1, 0.15) is 0 Å². The van der Waals surface area contributed by atoms with Crippen LogP contribution < -0.4 is 5.32 Å². The zero-order valence-corrected chi connectivity index (χ0v) is 19.1. The van der Waals surface area contributed by atoms with E-state index in [4.69, 9.17) is 16.6 Å². The molecule has 1 fully saturated rings. The Balaban J connectivity index is 0.00000261. The lowest BCUT2D eigenvalue weighted by molar-refractivity contribution is 0.189. The van der Waals surface area contributed by atoms with E-state index in [1.165, 1.54) is 5.56 Å². The summed E-state index contributed by atoms with van der Waals surface area (Å²) >= 11 is 5.96. The standard InChI is InChI=1S/C20H28ClN5.HI/c1-3-23-20(24-10-8-17-4-6-18(21)7-5-17)25-12-9-16(2)19(14-25)26-13-11-22-15-26;/h4-7,11,13,15-16,19H,3,8-10,12,14H2,1-2H3,(H,23,24);1H. The molecule has 0 spiro atoms. The molecular formula is C20H29ClIN5. The molecule has 0 aliphatic carbocycles. The van der Waals surface area contributed by atoms with Crippen LogP contribution in [0, 0.1) is 5.92 Å². The van der Waals surface area contributed by atoms with Gasteiger partial charge in [0, 0.05) is 43.6 Å². The average Bonchev–Trinajstić information content (AvgIpc) is 3.17. The molecule has 148 valence electrons. The molecule has 2 unspecified atom stereocenters. The number of aliphatic imine (C=N–C) groups is 1. The second kappa shape index (κ2) is 10.9. The fourth-order valence-electron chi connectivity index (χ4n) is 3.46. The minimum atomic E-state index is 0. The van der Waals surface area contributed by atoms with Gasteiger partial charge in [0.2, 0.25) is 0 Å². The predicted octanol–water partition coefficient (Wildman–Crippen LogP) is 4.25. The summed E-state index contributed by atoms with van der Waals surface area (Å²) in [7, 11) is 0. The molecule has 1 saturated heterocycles. The molecule has 1 aliphatic heterocycles. The summed E-state index contributed by atoms with van der Waals surface area (Å²) in [5.74, 6) is 1.65. The SMILES string of the molecule is CCNC(=NCCc1ccc(Cl)cc1)N1CCC(C)C(n2ccnc2)C1.I. The van der Waals surface area contributed by atoms with Crippen molar-refractivity contribution in [3.8, 4) is 0 Å². The van der Waals surface area contributed by atoms with Crippen LogP contribution in [0.4, 0.5) is 0 Å². The Morgan fingerprint density at radius 2 is 2.11 bits per heavy atom. The third kappa shape index (κ3) is 6.10. The average molecular weight is 502 g/mol. The molecule has 2 heterocycles. The van der Waals surface area contributed by atoms with Gasteiger partial charge in [-0.2, -0.15) is 0 Å². The van der Waals surface area contributed by atoms with Crippen molar-refractivity contribution in [1.29, 1.82) is 0 Å². The second-order valence-electron chi connectivity index (χ2n) is 6.90. The van der Waals surface area contributed by atoms with Crippen molar-refractivity contribution in [3.05, 3.63) is 53.6 Å². The number of aromatic nitrogens is 2. The molecule has 1 aromatic carbocycles. The quantitative estimate of drug-likeness (QED) is 0.379. The van der Waals surface area contributed by atoms with Crippen molar-refractivity contribution in [2.45, 2.75) is 32.7 Å². The summed E-state index contributed by atoms with van der Waals surface area (Å²) in [5, 5.41) is 4.23. The van der Waals surface area contributed by atoms with Crippen molar-refractivity contribution >= 4 is 41.5 Å². The van der Waals surface area contributed by atoms with Crippen molar-refractivity contribution in [3.63, 3.8) is 0 Å². The van der Waals surface area contributed by atoms with Gasteiger partial charge >= 0.3 is 0 Å². The highest BCUT2D eigenvalue weighted by Crippen LogP contribution is 2.27. The van der Waals surface area contributed by atoms with Gasteiger partial charge in [-0.3, -0.25) is 4.99 Å². The highest BCUT2D eigenvalue weighted by molar-refractivity contribution is 14.0. The summed E-state index contributed by atoms with van der Waals surface area (Å²) in [4.78, 5) is 11.5. The lowest BCUT2D eigenvalue weighted by Gasteiger charge is -2.39. The highest BCUT2D eigenvalue weighted by Gasteiger charge is 2.28. The number of imidazole rings is 1. The topological polar surface area (TPSA) is 45.5 Å². The number of likely N-dealkylation sites (tertiary alicyclic amines) is 1. The van der Waals surface area contributed by atoms with Crippen LogP contribution in [0.15, 0.2) is 48.0 Å². The summed E-state index contributed by atoms with van der Waals surface area (Å²) < 4.78 is 2.23. The number of nitrogens with one attached hydrogen (secondary N) is 1. The monoisotopic (exact) mass is 501 g/mol. The van der Waals surface area contributed by atoms with Gasteiger partial charge in [-0.1, -0.05) is 30.7 Å². The van der Waals surface area contributed by atoms with Crippen LogP contribution in [0.25, 0.3) is 0 Å². The molecule has 0 radical (unpaired) electrons. The number of hydrogen-bond acceptors (Lipinski definition) is 2. The normalized spacial score (nSPS) is 20.3. The third-order valence-electron chi connectivity index (χ3n) is 5.04. The number of nitrogens with zero attached hydrogens (tertiary/aromatic N) is 4. The number of piperidine rings is 1. The molecule has 1 aromatic heterocycles. The molecule has 0 amide bonds. The van der Waals surface area contributed by atoms with E-state index in [-0.39, 0.29) is 24.0 Å².